The lowest BCUT2D eigenvalue weighted by Gasteiger charge is -2.13. The third-order valence-electron chi connectivity index (χ3n) is 1.82. The van der Waals surface area contributed by atoms with Gasteiger partial charge in [0.15, 0.2) is 6.10 Å². The van der Waals surface area contributed by atoms with Crippen LogP contribution in [0.3, 0.4) is 0 Å². The van der Waals surface area contributed by atoms with Crippen molar-refractivity contribution in [2.75, 3.05) is 0 Å². The summed E-state index contributed by atoms with van der Waals surface area (Å²) in [4.78, 5) is 10.7. The Morgan fingerprint density at radius 1 is 1.67 bits per heavy atom. The fourth-order valence-electron chi connectivity index (χ4n) is 1.02. The predicted octanol–water partition coefficient (Wildman–Crippen LogP) is 2.83. The van der Waals surface area contributed by atoms with E-state index in [0.717, 1.165) is 6.07 Å². The monoisotopic (exact) mass is 276 g/mol. The van der Waals surface area contributed by atoms with Gasteiger partial charge in [0.05, 0.1) is 4.47 Å². The molecule has 1 aromatic rings. The van der Waals surface area contributed by atoms with E-state index in [4.69, 9.17) is 9.84 Å². The van der Waals surface area contributed by atoms with Crippen molar-refractivity contribution in [2.45, 2.75) is 19.4 Å². The highest BCUT2D eigenvalue weighted by atomic mass is 79.9. The van der Waals surface area contributed by atoms with Crippen LogP contribution in [0, 0.1) is 5.82 Å². The second-order valence-electron chi connectivity index (χ2n) is 2.93. The third kappa shape index (κ3) is 3.20. The van der Waals surface area contributed by atoms with E-state index in [0.29, 0.717) is 10.9 Å². The van der Waals surface area contributed by atoms with Crippen LogP contribution in [-0.4, -0.2) is 17.2 Å². The van der Waals surface area contributed by atoms with Crippen molar-refractivity contribution >= 4 is 21.9 Å². The molecule has 1 N–H and O–H groups in total. The molecule has 0 aliphatic rings. The molecular weight excluding hydrogens is 267 g/mol. The van der Waals surface area contributed by atoms with Gasteiger partial charge in [-0.2, -0.15) is 0 Å². The van der Waals surface area contributed by atoms with Gasteiger partial charge in [-0.25, -0.2) is 9.18 Å². The summed E-state index contributed by atoms with van der Waals surface area (Å²) >= 11 is 2.99. The number of carboxylic acid groups (broad SMARTS) is 1. The molecule has 0 radical (unpaired) electrons. The van der Waals surface area contributed by atoms with Crippen molar-refractivity contribution < 1.29 is 19.0 Å². The van der Waals surface area contributed by atoms with E-state index in [1.54, 1.807) is 6.92 Å². The van der Waals surface area contributed by atoms with Crippen molar-refractivity contribution in [3.05, 3.63) is 28.5 Å². The molecule has 0 fully saturated rings. The lowest BCUT2D eigenvalue weighted by Crippen LogP contribution is -2.25. The van der Waals surface area contributed by atoms with Crippen LogP contribution in [0.4, 0.5) is 4.39 Å². The number of halogens is 2. The molecule has 0 bridgehead atoms. The smallest absolute Gasteiger partial charge is 0.344 e. The molecule has 3 nitrogen and oxygen atoms in total. The van der Waals surface area contributed by atoms with Crippen molar-refractivity contribution in [1.82, 2.24) is 0 Å². The highest BCUT2D eigenvalue weighted by Gasteiger charge is 2.17. The van der Waals surface area contributed by atoms with E-state index in [1.807, 2.05) is 0 Å². The Balaban J connectivity index is 2.80. The minimum atomic E-state index is -1.05. The summed E-state index contributed by atoms with van der Waals surface area (Å²) in [5.41, 5.74) is 0. The average Bonchev–Trinajstić information content (AvgIpc) is 2.19. The number of hydrogen-bond acceptors (Lipinski definition) is 2. The van der Waals surface area contributed by atoms with Crippen LogP contribution in [0.5, 0.6) is 5.75 Å². The zero-order chi connectivity index (χ0) is 11.4. The maximum Gasteiger partial charge on any atom is 0.344 e. The molecule has 0 amide bonds. The van der Waals surface area contributed by atoms with E-state index >= 15 is 0 Å². The van der Waals surface area contributed by atoms with Crippen molar-refractivity contribution in [1.29, 1.82) is 0 Å². The van der Waals surface area contributed by atoms with Crippen LogP contribution in [-0.2, 0) is 4.79 Å². The van der Waals surface area contributed by atoms with Gasteiger partial charge in [0.2, 0.25) is 0 Å². The summed E-state index contributed by atoms with van der Waals surface area (Å²) in [6.07, 6.45) is -0.613. The number of ether oxygens (including phenoxy) is 1. The first-order chi connectivity index (χ1) is 7.04. The summed E-state index contributed by atoms with van der Waals surface area (Å²) in [7, 11) is 0. The Bertz CT molecular complexity index is 368. The number of hydrogen-bond donors (Lipinski definition) is 1. The molecule has 0 saturated carbocycles. The third-order valence-corrected chi connectivity index (χ3v) is 2.46. The molecule has 1 rings (SSSR count). The molecule has 1 atom stereocenters. The van der Waals surface area contributed by atoms with Gasteiger partial charge in [0, 0.05) is 6.07 Å². The number of aliphatic carboxylic acids is 1. The second-order valence-corrected chi connectivity index (χ2v) is 3.78. The molecule has 1 aromatic carbocycles. The largest absolute Gasteiger partial charge is 0.479 e. The van der Waals surface area contributed by atoms with Crippen molar-refractivity contribution in [3.63, 3.8) is 0 Å². The quantitative estimate of drug-likeness (QED) is 0.920. The average molecular weight is 277 g/mol. The van der Waals surface area contributed by atoms with E-state index < -0.39 is 17.9 Å². The van der Waals surface area contributed by atoms with Gasteiger partial charge >= 0.3 is 5.97 Å². The highest BCUT2D eigenvalue weighted by molar-refractivity contribution is 9.10. The molecule has 0 spiro atoms. The van der Waals surface area contributed by atoms with Crippen LogP contribution >= 0.6 is 15.9 Å². The molecule has 15 heavy (non-hydrogen) atoms. The first-order valence-corrected chi connectivity index (χ1v) is 5.18. The lowest BCUT2D eigenvalue weighted by atomic mass is 10.2. The number of benzene rings is 1. The summed E-state index contributed by atoms with van der Waals surface area (Å²) in [6.45, 7) is 1.69. The van der Waals surface area contributed by atoms with Crippen LogP contribution in [0.2, 0.25) is 0 Å². The minimum Gasteiger partial charge on any atom is -0.479 e. The van der Waals surface area contributed by atoms with E-state index in [-0.39, 0.29) is 5.75 Å². The summed E-state index contributed by atoms with van der Waals surface area (Å²) < 4.78 is 18.5. The van der Waals surface area contributed by atoms with Crippen LogP contribution in [0.25, 0.3) is 0 Å². The summed E-state index contributed by atoms with van der Waals surface area (Å²) in [5, 5.41) is 8.73. The highest BCUT2D eigenvalue weighted by Crippen LogP contribution is 2.22. The Labute approximate surface area is 95.0 Å². The molecule has 82 valence electrons. The van der Waals surface area contributed by atoms with Gasteiger partial charge in [0.25, 0.3) is 0 Å². The van der Waals surface area contributed by atoms with Crippen LogP contribution < -0.4 is 4.74 Å². The van der Waals surface area contributed by atoms with Crippen LogP contribution in [0.1, 0.15) is 13.3 Å². The number of carboxylic acids is 1. The fraction of sp³-hybridized carbons (Fsp3) is 0.300. The minimum absolute atomic E-state index is 0.213. The fourth-order valence-corrected chi connectivity index (χ4v) is 1.27. The maximum atomic E-state index is 13.1. The molecule has 0 saturated heterocycles. The van der Waals surface area contributed by atoms with Crippen molar-refractivity contribution in [3.8, 4) is 5.75 Å². The molecule has 5 heteroatoms. The van der Waals surface area contributed by atoms with E-state index in [1.165, 1.54) is 12.1 Å². The first kappa shape index (κ1) is 12.0. The molecule has 1 unspecified atom stereocenters. The molecule has 0 aliphatic heterocycles. The van der Waals surface area contributed by atoms with Crippen LogP contribution in [0.15, 0.2) is 22.7 Å². The Morgan fingerprint density at radius 3 is 2.80 bits per heavy atom. The first-order valence-electron chi connectivity index (χ1n) is 4.39. The van der Waals surface area contributed by atoms with Gasteiger partial charge < -0.3 is 9.84 Å². The molecule has 0 heterocycles. The zero-order valence-electron chi connectivity index (χ0n) is 8.04. The standard InChI is InChI=1S/C10H10BrFO3/c1-2-9(10(13)14)15-6-3-4-7(11)8(12)5-6/h3-5,9H,2H2,1H3,(H,13,14). The topological polar surface area (TPSA) is 46.5 Å². The normalized spacial score (nSPS) is 12.2. The molecular formula is C10H10BrFO3. The van der Waals surface area contributed by atoms with Gasteiger partial charge in [-0.15, -0.1) is 0 Å². The van der Waals surface area contributed by atoms with Gasteiger partial charge in [0.1, 0.15) is 11.6 Å². The maximum absolute atomic E-state index is 13.1. The molecule has 0 aromatic heterocycles. The lowest BCUT2D eigenvalue weighted by molar-refractivity contribution is -0.145. The van der Waals surface area contributed by atoms with Gasteiger partial charge in [-0.3, -0.25) is 0 Å². The second kappa shape index (κ2) is 5.11. The predicted molar refractivity (Wildman–Crippen MR) is 56.4 cm³/mol. The SMILES string of the molecule is CCC(Oc1ccc(Br)c(F)c1)C(=O)O. The van der Waals surface area contributed by atoms with E-state index in [9.17, 15) is 9.18 Å². The zero-order valence-corrected chi connectivity index (χ0v) is 9.62. The Kier molecular flexibility index (Phi) is 4.08. The Hall–Kier alpha value is -1.10. The van der Waals surface area contributed by atoms with E-state index in [2.05, 4.69) is 15.9 Å². The van der Waals surface area contributed by atoms with Crippen molar-refractivity contribution in [2.24, 2.45) is 0 Å². The number of rotatable bonds is 4. The number of carbonyl (C=O) groups is 1. The molecule has 0 aliphatic carbocycles. The van der Waals surface area contributed by atoms with Gasteiger partial charge in [-0.05, 0) is 34.5 Å². The summed E-state index contributed by atoms with van der Waals surface area (Å²) in [6, 6.07) is 4.13. The Morgan fingerprint density at radius 2 is 2.33 bits per heavy atom. The van der Waals surface area contributed by atoms with Gasteiger partial charge in [-0.1, -0.05) is 6.92 Å². The summed E-state index contributed by atoms with van der Waals surface area (Å²) in [5.74, 6) is -1.32.